The second-order valence-electron chi connectivity index (χ2n) is 3.80. The summed E-state index contributed by atoms with van der Waals surface area (Å²) in [6, 6.07) is 5.95. The SMILES string of the molecule is COCC(O)CN(C)c1cc(F)cc(C#N)c1. The standard InChI is InChI=1S/C12H15FN2O2/c1-15(7-12(16)8-17-2)11-4-9(6-14)3-10(13)5-11/h3-5,12,16H,7-8H2,1-2H3. The summed E-state index contributed by atoms with van der Waals surface area (Å²) in [5, 5.41) is 18.3. The molecule has 0 aliphatic rings. The monoisotopic (exact) mass is 238 g/mol. The Labute approximate surface area is 99.8 Å². The maximum Gasteiger partial charge on any atom is 0.126 e. The Morgan fingerprint density at radius 2 is 2.24 bits per heavy atom. The topological polar surface area (TPSA) is 56.5 Å². The molecule has 5 heteroatoms. The lowest BCUT2D eigenvalue weighted by Crippen LogP contribution is -2.31. The molecule has 0 aliphatic carbocycles. The van der Waals surface area contributed by atoms with Crippen LogP contribution in [-0.4, -0.2) is 38.5 Å². The van der Waals surface area contributed by atoms with Crippen molar-refractivity contribution < 1.29 is 14.2 Å². The second kappa shape index (κ2) is 6.18. The molecule has 1 atom stereocenters. The van der Waals surface area contributed by atoms with Gasteiger partial charge in [-0.15, -0.1) is 0 Å². The Balaban J connectivity index is 2.78. The molecule has 0 aromatic heterocycles. The molecular formula is C12H15FN2O2. The van der Waals surface area contributed by atoms with Crippen LogP contribution in [0.3, 0.4) is 0 Å². The van der Waals surface area contributed by atoms with E-state index >= 15 is 0 Å². The smallest absolute Gasteiger partial charge is 0.126 e. The van der Waals surface area contributed by atoms with Gasteiger partial charge >= 0.3 is 0 Å². The number of nitriles is 1. The summed E-state index contributed by atoms with van der Waals surface area (Å²) in [5.74, 6) is -0.466. The highest BCUT2D eigenvalue weighted by atomic mass is 19.1. The van der Waals surface area contributed by atoms with Gasteiger partial charge in [-0.3, -0.25) is 0 Å². The number of aliphatic hydroxyl groups excluding tert-OH is 1. The van der Waals surface area contributed by atoms with Crippen molar-refractivity contribution in [3.8, 4) is 6.07 Å². The van der Waals surface area contributed by atoms with Crippen molar-refractivity contribution in [1.29, 1.82) is 5.26 Å². The van der Waals surface area contributed by atoms with Crippen LogP contribution < -0.4 is 4.90 Å². The zero-order valence-electron chi connectivity index (χ0n) is 9.85. The Morgan fingerprint density at radius 3 is 2.82 bits per heavy atom. The maximum absolute atomic E-state index is 13.2. The quantitative estimate of drug-likeness (QED) is 0.835. The molecule has 0 radical (unpaired) electrons. The van der Waals surface area contributed by atoms with Crippen LogP contribution in [-0.2, 0) is 4.74 Å². The summed E-state index contributed by atoms with van der Waals surface area (Å²) in [7, 11) is 3.22. The van der Waals surface area contributed by atoms with Gasteiger partial charge < -0.3 is 14.7 Å². The molecule has 0 heterocycles. The van der Waals surface area contributed by atoms with Crippen LogP contribution in [0.25, 0.3) is 0 Å². The van der Waals surface area contributed by atoms with E-state index in [1.54, 1.807) is 18.0 Å². The van der Waals surface area contributed by atoms with Gasteiger partial charge in [0.05, 0.1) is 24.3 Å². The van der Waals surface area contributed by atoms with E-state index in [4.69, 9.17) is 10.00 Å². The molecule has 92 valence electrons. The Bertz CT molecular complexity index is 417. The fourth-order valence-corrected chi connectivity index (χ4v) is 1.53. The van der Waals surface area contributed by atoms with E-state index in [0.29, 0.717) is 12.2 Å². The van der Waals surface area contributed by atoms with E-state index < -0.39 is 11.9 Å². The number of nitrogens with zero attached hydrogens (tertiary/aromatic N) is 2. The van der Waals surface area contributed by atoms with Gasteiger partial charge in [0.2, 0.25) is 0 Å². The van der Waals surface area contributed by atoms with E-state index in [-0.39, 0.29) is 12.2 Å². The van der Waals surface area contributed by atoms with E-state index in [2.05, 4.69) is 0 Å². The summed E-state index contributed by atoms with van der Waals surface area (Å²) < 4.78 is 18.0. The molecule has 0 aliphatic heterocycles. The van der Waals surface area contributed by atoms with Gasteiger partial charge in [-0.1, -0.05) is 0 Å². The highest BCUT2D eigenvalue weighted by molar-refractivity contribution is 5.51. The van der Waals surface area contributed by atoms with Crippen LogP contribution in [0.4, 0.5) is 10.1 Å². The molecular weight excluding hydrogens is 223 g/mol. The van der Waals surface area contributed by atoms with Gasteiger partial charge in [0.25, 0.3) is 0 Å². The number of rotatable bonds is 5. The maximum atomic E-state index is 13.2. The number of methoxy groups -OCH3 is 1. The van der Waals surface area contributed by atoms with Crippen molar-refractivity contribution in [3.05, 3.63) is 29.6 Å². The lowest BCUT2D eigenvalue weighted by molar-refractivity contribution is 0.0695. The fourth-order valence-electron chi connectivity index (χ4n) is 1.53. The van der Waals surface area contributed by atoms with Crippen LogP contribution in [0.5, 0.6) is 0 Å². The van der Waals surface area contributed by atoms with Crippen molar-refractivity contribution in [2.24, 2.45) is 0 Å². The molecule has 0 fully saturated rings. The lowest BCUT2D eigenvalue weighted by atomic mass is 10.2. The highest BCUT2D eigenvalue weighted by Gasteiger charge is 2.10. The summed E-state index contributed by atoms with van der Waals surface area (Å²) in [6.07, 6.45) is -0.654. The fraction of sp³-hybridized carbons (Fsp3) is 0.417. The van der Waals surface area contributed by atoms with Crippen molar-refractivity contribution in [2.75, 3.05) is 32.2 Å². The first-order chi connectivity index (χ1) is 8.06. The highest BCUT2D eigenvalue weighted by Crippen LogP contribution is 2.17. The van der Waals surface area contributed by atoms with E-state index in [0.717, 1.165) is 0 Å². The van der Waals surface area contributed by atoms with Crippen molar-refractivity contribution >= 4 is 5.69 Å². The Hall–Kier alpha value is -1.64. The number of likely N-dealkylation sites (N-methyl/N-ethyl adjacent to an activating group) is 1. The van der Waals surface area contributed by atoms with E-state index in [9.17, 15) is 9.50 Å². The predicted octanol–water partition coefficient (Wildman–Crippen LogP) is 1.14. The number of halogens is 1. The normalized spacial score (nSPS) is 11.9. The molecule has 0 bridgehead atoms. The van der Waals surface area contributed by atoms with Gasteiger partial charge in [0.1, 0.15) is 5.82 Å². The zero-order chi connectivity index (χ0) is 12.8. The number of anilines is 1. The number of hydrogen-bond acceptors (Lipinski definition) is 4. The first kappa shape index (κ1) is 13.4. The molecule has 1 aromatic rings. The molecule has 0 amide bonds. The van der Waals surface area contributed by atoms with Crippen LogP contribution in [0.1, 0.15) is 5.56 Å². The molecule has 4 nitrogen and oxygen atoms in total. The van der Waals surface area contributed by atoms with Crippen LogP contribution in [0, 0.1) is 17.1 Å². The number of hydrogen-bond donors (Lipinski definition) is 1. The largest absolute Gasteiger partial charge is 0.389 e. The molecule has 1 aromatic carbocycles. The Morgan fingerprint density at radius 1 is 1.53 bits per heavy atom. The van der Waals surface area contributed by atoms with Crippen LogP contribution >= 0.6 is 0 Å². The van der Waals surface area contributed by atoms with Crippen molar-refractivity contribution in [3.63, 3.8) is 0 Å². The second-order valence-corrected chi connectivity index (χ2v) is 3.80. The summed E-state index contributed by atoms with van der Waals surface area (Å²) in [5.41, 5.74) is 0.810. The molecule has 0 spiro atoms. The van der Waals surface area contributed by atoms with Crippen LogP contribution in [0.15, 0.2) is 18.2 Å². The molecule has 1 unspecified atom stereocenters. The Kier molecular flexibility index (Phi) is 4.88. The van der Waals surface area contributed by atoms with Gasteiger partial charge in [0, 0.05) is 26.4 Å². The lowest BCUT2D eigenvalue weighted by Gasteiger charge is -2.22. The number of aliphatic hydroxyl groups is 1. The first-order valence-electron chi connectivity index (χ1n) is 5.15. The first-order valence-corrected chi connectivity index (χ1v) is 5.15. The van der Waals surface area contributed by atoms with E-state index in [1.165, 1.54) is 19.2 Å². The summed E-state index contributed by atoms with van der Waals surface area (Å²) in [4.78, 5) is 1.67. The summed E-state index contributed by atoms with van der Waals surface area (Å²) >= 11 is 0. The predicted molar refractivity (Wildman–Crippen MR) is 62.3 cm³/mol. The van der Waals surface area contributed by atoms with Crippen molar-refractivity contribution in [2.45, 2.75) is 6.10 Å². The minimum absolute atomic E-state index is 0.213. The molecule has 0 saturated carbocycles. The van der Waals surface area contributed by atoms with Crippen LogP contribution in [0.2, 0.25) is 0 Å². The number of ether oxygens (including phenoxy) is 1. The van der Waals surface area contributed by atoms with E-state index in [1.807, 2.05) is 6.07 Å². The van der Waals surface area contributed by atoms with Gasteiger partial charge in [-0.05, 0) is 18.2 Å². The molecule has 0 saturated heterocycles. The minimum Gasteiger partial charge on any atom is -0.389 e. The number of benzene rings is 1. The third kappa shape index (κ3) is 4.02. The van der Waals surface area contributed by atoms with Gasteiger partial charge in [-0.25, -0.2) is 4.39 Å². The van der Waals surface area contributed by atoms with Gasteiger partial charge in [-0.2, -0.15) is 5.26 Å². The third-order valence-corrected chi connectivity index (χ3v) is 2.30. The van der Waals surface area contributed by atoms with Crippen molar-refractivity contribution in [1.82, 2.24) is 0 Å². The zero-order valence-corrected chi connectivity index (χ0v) is 9.85. The summed E-state index contributed by atoms with van der Waals surface area (Å²) in [6.45, 7) is 0.521. The molecule has 1 N–H and O–H groups in total. The average molecular weight is 238 g/mol. The minimum atomic E-state index is -0.654. The third-order valence-electron chi connectivity index (χ3n) is 2.30. The van der Waals surface area contributed by atoms with Gasteiger partial charge in [0.15, 0.2) is 0 Å². The molecule has 1 rings (SSSR count). The average Bonchev–Trinajstić information content (AvgIpc) is 2.28. The molecule has 17 heavy (non-hydrogen) atoms.